The number of nitrogens with one attached hydrogen (secondary N) is 1. The number of allylic oxidation sites excluding steroid dienone is 11. The molecule has 3 fully saturated rings. The summed E-state index contributed by atoms with van der Waals surface area (Å²) in [5.74, 6) is -0.270. The van der Waals surface area contributed by atoms with Crippen LogP contribution in [-0.2, 0) is 33.2 Å². The predicted molar refractivity (Wildman–Crippen MR) is 452 cm³/mol. The molecule has 0 aromatic rings. The molecule has 1 amide bonds. The van der Waals surface area contributed by atoms with Crippen LogP contribution in [0.4, 0.5) is 0 Å². The van der Waals surface area contributed by atoms with Crippen molar-refractivity contribution in [1.29, 1.82) is 0 Å². The molecule has 3 heterocycles. The maximum atomic E-state index is 13.5. The number of carbonyl (C=O) groups is 1. The zero-order valence-electron chi connectivity index (χ0n) is 70.7. The summed E-state index contributed by atoms with van der Waals surface area (Å²) in [6.07, 6.45) is 70.5. The van der Waals surface area contributed by atoms with Gasteiger partial charge in [-0.05, 0) is 64.2 Å². The first-order valence-electron chi connectivity index (χ1n) is 46.2. The third-order valence-corrected chi connectivity index (χ3v) is 22.8. The SMILES string of the molecule is CC/C=C\C/C=C\C/C=C\C/C=C\C/C=C\CCCCCCCCCCCCCCCCCCCCCC(=O)NC(COC1OC(CO)C(OC2OC(CO)C(OC3OC(CO)C(O)C(O)C3O)C(O)C2O)C(O)C1O)C(O)/C=C/CCCCCCCCCCCCCCCCCCCCCCCCCCCCCCCC. The molecular formula is C93H169NO18. The molecule has 112 heavy (non-hydrogen) atoms. The standard InChI is InChI=1S/C93H169NO18/c1-3-5-7-9-11-13-15-17-19-21-23-25-27-29-31-33-35-37-38-39-41-43-45-47-49-51-53-55-57-59-61-63-65-67-69-71-81(99)94-76(77(98)70-68-66-64-62-60-58-56-54-52-50-48-46-44-42-40-36-34-32-30-28-26-24-22-20-18-16-14-12-10-8-6-4-2)75-107-91-87(105)84(102)89(79(73-96)109-91)112-93-88(106)85(103)90(80(74-97)110-93)111-92-86(104)83(101)82(100)78(72-95)108-92/h5,7,11,13,17,19,23,25,29,31,68,70,76-80,82-93,95-98,100-106H,3-4,6,8-10,12,14-16,18,20-22,24,26-28,30,32-67,69,71-75H2,1-2H3,(H,94,99)/b7-5-,13-11-,19-17-,25-23-,31-29-,70-68+. The topological polar surface area (TPSA) is 307 Å². The van der Waals surface area contributed by atoms with E-state index in [1.165, 1.54) is 276 Å². The lowest BCUT2D eigenvalue weighted by atomic mass is 9.96. The Morgan fingerprint density at radius 2 is 0.616 bits per heavy atom. The highest BCUT2D eigenvalue weighted by Crippen LogP contribution is 2.34. The summed E-state index contributed by atoms with van der Waals surface area (Å²) in [7, 11) is 0. The van der Waals surface area contributed by atoms with Crippen LogP contribution in [0.25, 0.3) is 0 Å². The molecule has 19 heteroatoms. The van der Waals surface area contributed by atoms with Crippen LogP contribution in [-0.4, -0.2) is 193 Å². The number of aliphatic hydroxyl groups excluding tert-OH is 11. The Bertz CT molecular complexity index is 2300. The van der Waals surface area contributed by atoms with E-state index in [0.29, 0.717) is 6.42 Å². The highest BCUT2D eigenvalue weighted by molar-refractivity contribution is 5.76. The fourth-order valence-electron chi connectivity index (χ4n) is 15.5. The summed E-state index contributed by atoms with van der Waals surface area (Å²) in [5, 5.41) is 121. The van der Waals surface area contributed by atoms with Crippen LogP contribution in [0.3, 0.4) is 0 Å². The number of rotatable bonds is 75. The number of aliphatic hydroxyl groups is 11. The molecule has 0 spiro atoms. The molecule has 17 unspecified atom stereocenters. The Kier molecular flexibility index (Phi) is 66.7. The molecule has 3 saturated heterocycles. The van der Waals surface area contributed by atoms with Crippen molar-refractivity contribution in [1.82, 2.24) is 5.32 Å². The van der Waals surface area contributed by atoms with E-state index >= 15 is 0 Å². The summed E-state index contributed by atoms with van der Waals surface area (Å²) in [5.41, 5.74) is 0. The van der Waals surface area contributed by atoms with Crippen LogP contribution < -0.4 is 5.32 Å². The average molecular weight is 1590 g/mol. The number of ether oxygens (including phenoxy) is 6. The van der Waals surface area contributed by atoms with E-state index in [1.54, 1.807) is 6.08 Å². The summed E-state index contributed by atoms with van der Waals surface area (Å²) in [6.45, 7) is 1.68. The smallest absolute Gasteiger partial charge is 0.220 e. The fraction of sp³-hybridized carbons (Fsp3) is 0.860. The Balaban J connectivity index is 1.32. The van der Waals surface area contributed by atoms with E-state index < -0.39 is 124 Å². The first-order valence-corrected chi connectivity index (χ1v) is 46.2. The Morgan fingerprint density at radius 3 is 0.964 bits per heavy atom. The van der Waals surface area contributed by atoms with Gasteiger partial charge in [0.15, 0.2) is 18.9 Å². The lowest BCUT2D eigenvalue weighted by molar-refractivity contribution is -0.379. The fourth-order valence-corrected chi connectivity index (χ4v) is 15.5. The van der Waals surface area contributed by atoms with E-state index in [1.807, 2.05) is 6.08 Å². The van der Waals surface area contributed by atoms with Crippen molar-refractivity contribution in [2.24, 2.45) is 0 Å². The molecule has 3 aliphatic rings. The molecule has 3 aliphatic heterocycles. The Labute approximate surface area is 680 Å². The lowest BCUT2D eigenvalue weighted by Gasteiger charge is -2.48. The van der Waals surface area contributed by atoms with Gasteiger partial charge in [-0.25, -0.2) is 0 Å². The molecule has 0 radical (unpaired) electrons. The molecule has 12 N–H and O–H groups in total. The highest BCUT2D eigenvalue weighted by atomic mass is 16.8. The van der Waals surface area contributed by atoms with E-state index in [-0.39, 0.29) is 18.9 Å². The first kappa shape index (κ1) is 103. The van der Waals surface area contributed by atoms with Gasteiger partial charge < -0.3 is 89.9 Å². The van der Waals surface area contributed by atoms with Crippen molar-refractivity contribution >= 4 is 5.91 Å². The lowest BCUT2D eigenvalue weighted by Crippen LogP contribution is -2.66. The van der Waals surface area contributed by atoms with Crippen molar-refractivity contribution in [3.63, 3.8) is 0 Å². The van der Waals surface area contributed by atoms with Crippen LogP contribution in [0.5, 0.6) is 0 Å². The molecule has 0 bridgehead atoms. The third kappa shape index (κ3) is 50.2. The Hall–Kier alpha value is -2.77. The van der Waals surface area contributed by atoms with Crippen molar-refractivity contribution < 1.29 is 89.4 Å². The van der Waals surface area contributed by atoms with E-state index in [2.05, 4.69) is 79.9 Å². The normalized spacial score (nSPS) is 25.2. The predicted octanol–water partition coefficient (Wildman–Crippen LogP) is 17.9. The van der Waals surface area contributed by atoms with Crippen molar-refractivity contribution in [2.75, 3.05) is 26.4 Å². The second-order valence-corrected chi connectivity index (χ2v) is 32.7. The van der Waals surface area contributed by atoms with Gasteiger partial charge in [-0.1, -0.05) is 382 Å². The molecule has 0 saturated carbocycles. The van der Waals surface area contributed by atoms with Crippen molar-refractivity contribution in [3.8, 4) is 0 Å². The summed E-state index contributed by atoms with van der Waals surface area (Å²) < 4.78 is 34.6. The summed E-state index contributed by atoms with van der Waals surface area (Å²) >= 11 is 0. The first-order chi connectivity index (χ1) is 54.8. The van der Waals surface area contributed by atoms with E-state index in [4.69, 9.17) is 28.4 Å². The third-order valence-electron chi connectivity index (χ3n) is 22.8. The number of unbranched alkanes of at least 4 members (excludes halogenated alkanes) is 49. The van der Waals surface area contributed by atoms with Gasteiger partial charge in [-0.15, -0.1) is 0 Å². The number of amides is 1. The molecule has 654 valence electrons. The average Bonchev–Trinajstić information content (AvgIpc) is 0.782. The van der Waals surface area contributed by atoms with Crippen LogP contribution in [0.15, 0.2) is 72.9 Å². The maximum Gasteiger partial charge on any atom is 0.220 e. The number of carbonyl (C=O) groups excluding carboxylic acids is 1. The molecular weight excluding hydrogens is 1420 g/mol. The number of hydrogen-bond donors (Lipinski definition) is 12. The molecule has 3 rings (SSSR count). The largest absolute Gasteiger partial charge is 0.394 e. The Morgan fingerprint density at radius 1 is 0.330 bits per heavy atom. The van der Waals surface area contributed by atoms with Gasteiger partial charge >= 0.3 is 0 Å². The van der Waals surface area contributed by atoms with Crippen molar-refractivity contribution in [3.05, 3.63) is 72.9 Å². The van der Waals surface area contributed by atoms with Crippen LogP contribution in [0.2, 0.25) is 0 Å². The number of hydrogen-bond acceptors (Lipinski definition) is 18. The van der Waals surface area contributed by atoms with Gasteiger partial charge in [0.2, 0.25) is 5.91 Å². The van der Waals surface area contributed by atoms with Crippen LogP contribution >= 0.6 is 0 Å². The minimum Gasteiger partial charge on any atom is -0.394 e. The van der Waals surface area contributed by atoms with Gasteiger partial charge in [0.05, 0.1) is 38.6 Å². The molecule has 17 atom stereocenters. The summed E-state index contributed by atoms with van der Waals surface area (Å²) in [6, 6.07) is -0.977. The van der Waals surface area contributed by atoms with E-state index in [0.717, 1.165) is 77.0 Å². The zero-order chi connectivity index (χ0) is 81.0. The molecule has 0 aromatic heterocycles. The van der Waals surface area contributed by atoms with E-state index in [9.17, 15) is 61.0 Å². The van der Waals surface area contributed by atoms with Crippen LogP contribution in [0, 0.1) is 0 Å². The zero-order valence-corrected chi connectivity index (χ0v) is 70.7. The van der Waals surface area contributed by atoms with Gasteiger partial charge in [-0.3, -0.25) is 4.79 Å². The highest BCUT2D eigenvalue weighted by Gasteiger charge is 2.54. The second-order valence-electron chi connectivity index (χ2n) is 32.7. The van der Waals surface area contributed by atoms with Crippen molar-refractivity contribution in [2.45, 2.75) is 484 Å². The second kappa shape index (κ2) is 72.3. The van der Waals surface area contributed by atoms with Gasteiger partial charge in [0.25, 0.3) is 0 Å². The molecule has 0 aromatic carbocycles. The monoisotopic (exact) mass is 1590 g/mol. The summed E-state index contributed by atoms with van der Waals surface area (Å²) in [4.78, 5) is 13.5. The van der Waals surface area contributed by atoms with Gasteiger partial charge in [-0.2, -0.15) is 0 Å². The molecule has 19 nitrogen and oxygen atoms in total. The van der Waals surface area contributed by atoms with Gasteiger partial charge in [0.1, 0.15) is 73.2 Å². The quantitative estimate of drug-likeness (QED) is 0.0199. The minimum atomic E-state index is -1.98. The minimum absolute atomic E-state index is 0.244. The maximum absolute atomic E-state index is 13.5. The van der Waals surface area contributed by atoms with Gasteiger partial charge in [0, 0.05) is 6.42 Å². The molecule has 0 aliphatic carbocycles. The van der Waals surface area contributed by atoms with Crippen LogP contribution in [0.1, 0.15) is 380 Å².